The van der Waals surface area contributed by atoms with Gasteiger partial charge in [-0.05, 0) is 0 Å². The number of aromatic nitrogens is 2. The molecule has 0 bridgehead atoms. The molecule has 10 heteroatoms. The number of aliphatic hydroxyl groups excluding tert-OH is 5. The summed E-state index contributed by atoms with van der Waals surface area (Å²) in [7, 11) is 0. The minimum absolute atomic E-state index is 0.131. The highest BCUT2D eigenvalue weighted by molar-refractivity contribution is 5.38. The first-order valence-electron chi connectivity index (χ1n) is 6.19. The van der Waals surface area contributed by atoms with Crippen molar-refractivity contribution in [1.29, 1.82) is 0 Å². The monoisotopic (exact) mass is 303 g/mol. The maximum Gasteiger partial charge on any atom is 0.351 e. The van der Waals surface area contributed by atoms with Crippen molar-refractivity contribution >= 4 is 5.82 Å². The van der Waals surface area contributed by atoms with E-state index in [-0.39, 0.29) is 11.4 Å². The largest absolute Gasteiger partial charge is 0.394 e. The zero-order chi connectivity index (χ0) is 15.7. The fraction of sp³-hybridized carbons (Fsp3) is 0.636. The molecular weight excluding hydrogens is 286 g/mol. The van der Waals surface area contributed by atoms with Crippen molar-refractivity contribution in [1.82, 2.24) is 9.55 Å². The van der Waals surface area contributed by atoms with Crippen molar-refractivity contribution < 1.29 is 30.3 Å². The Morgan fingerprint density at radius 3 is 2.48 bits per heavy atom. The van der Waals surface area contributed by atoms with Crippen molar-refractivity contribution in [2.24, 2.45) is 0 Å². The highest BCUT2D eigenvalue weighted by Gasteiger charge is 2.45. The molecule has 0 aliphatic carbocycles. The summed E-state index contributed by atoms with van der Waals surface area (Å²) in [6.45, 7) is -1.13. The smallest absolute Gasteiger partial charge is 0.351 e. The van der Waals surface area contributed by atoms with Crippen LogP contribution in [0.4, 0.5) is 5.82 Å². The molecule has 1 aromatic rings. The molecule has 0 aromatic carbocycles. The van der Waals surface area contributed by atoms with Gasteiger partial charge in [-0.15, -0.1) is 0 Å². The van der Waals surface area contributed by atoms with Gasteiger partial charge in [0.2, 0.25) is 0 Å². The van der Waals surface area contributed by atoms with Crippen LogP contribution >= 0.6 is 0 Å². The number of nitrogens with two attached hydrogens (primary N) is 1. The van der Waals surface area contributed by atoms with Gasteiger partial charge in [0.05, 0.1) is 13.2 Å². The molecule has 10 nitrogen and oxygen atoms in total. The third kappa shape index (κ3) is 2.64. The predicted octanol–water partition coefficient (Wildman–Crippen LogP) is -3.71. The second kappa shape index (κ2) is 6.05. The van der Waals surface area contributed by atoms with Crippen LogP contribution in [-0.4, -0.2) is 66.1 Å². The molecule has 7 N–H and O–H groups in total. The van der Waals surface area contributed by atoms with Gasteiger partial charge < -0.3 is 36.0 Å². The molecule has 2 rings (SSSR count). The summed E-state index contributed by atoms with van der Waals surface area (Å²) in [5, 5.41) is 47.6. The van der Waals surface area contributed by atoms with Crippen LogP contribution in [0, 0.1) is 0 Å². The van der Waals surface area contributed by atoms with E-state index in [9.17, 15) is 20.1 Å². The van der Waals surface area contributed by atoms with E-state index in [1.807, 2.05) is 0 Å². The normalized spacial score (nSPS) is 33.1. The first-order valence-corrected chi connectivity index (χ1v) is 6.19. The van der Waals surface area contributed by atoms with E-state index in [0.29, 0.717) is 0 Å². The average molecular weight is 303 g/mol. The van der Waals surface area contributed by atoms with Gasteiger partial charge in [0.15, 0.2) is 6.23 Å². The van der Waals surface area contributed by atoms with Gasteiger partial charge in [-0.2, -0.15) is 0 Å². The summed E-state index contributed by atoms with van der Waals surface area (Å²) < 4.78 is 5.99. The molecule has 1 unspecified atom stereocenters. The summed E-state index contributed by atoms with van der Waals surface area (Å²) >= 11 is 0. The first-order chi connectivity index (χ1) is 9.92. The number of anilines is 1. The third-order valence-electron chi connectivity index (χ3n) is 3.42. The quantitative estimate of drug-likeness (QED) is 0.328. The molecule has 0 radical (unpaired) electrons. The number of nitrogen functional groups attached to an aromatic ring is 1. The van der Waals surface area contributed by atoms with Gasteiger partial charge in [-0.3, -0.25) is 0 Å². The van der Waals surface area contributed by atoms with E-state index in [1.165, 1.54) is 0 Å². The zero-order valence-electron chi connectivity index (χ0n) is 10.9. The van der Waals surface area contributed by atoms with Crippen LogP contribution in [0.2, 0.25) is 0 Å². The van der Waals surface area contributed by atoms with Crippen LogP contribution in [0.15, 0.2) is 11.0 Å². The lowest BCUT2D eigenvalue weighted by Gasteiger charge is -2.40. The zero-order valence-corrected chi connectivity index (χ0v) is 10.9. The Hall–Kier alpha value is -1.56. The van der Waals surface area contributed by atoms with Gasteiger partial charge >= 0.3 is 5.69 Å². The molecule has 118 valence electrons. The van der Waals surface area contributed by atoms with Crippen molar-refractivity contribution in [3.8, 4) is 0 Å². The minimum atomic E-state index is -1.67. The fourth-order valence-electron chi connectivity index (χ4n) is 2.18. The lowest BCUT2D eigenvalue weighted by molar-refractivity contribution is -0.251. The second-order valence-corrected chi connectivity index (χ2v) is 4.70. The van der Waals surface area contributed by atoms with Crippen molar-refractivity contribution in [2.45, 2.75) is 37.3 Å². The molecule has 5 atom stereocenters. The SMILES string of the molecule is Nc1c(CO)cnc(=O)n1C1O[C@H](CO)[C@@H](O)[C@H](O)[C@H]1O. The van der Waals surface area contributed by atoms with Crippen LogP contribution in [-0.2, 0) is 11.3 Å². The lowest BCUT2D eigenvalue weighted by atomic mass is 9.98. The van der Waals surface area contributed by atoms with Gasteiger partial charge in [0.25, 0.3) is 0 Å². The summed E-state index contributed by atoms with van der Waals surface area (Å²) in [6, 6.07) is 0. The standard InChI is InChI=1S/C11H17N3O7/c12-9-4(2-15)1-13-11(20)14(9)10-8(19)7(18)6(17)5(3-16)21-10/h1,5-8,10,15-19H,2-3,12H2/t5-,6-,7+,8-,10?/m1/s1. The van der Waals surface area contributed by atoms with Crippen LogP contribution in [0.1, 0.15) is 11.8 Å². The molecule has 1 fully saturated rings. The second-order valence-electron chi connectivity index (χ2n) is 4.70. The van der Waals surface area contributed by atoms with Crippen molar-refractivity contribution in [3.63, 3.8) is 0 Å². The number of hydrogen-bond donors (Lipinski definition) is 6. The summed E-state index contributed by atoms with van der Waals surface area (Å²) in [5.41, 5.74) is 4.98. The summed E-state index contributed by atoms with van der Waals surface area (Å²) in [4.78, 5) is 15.3. The van der Waals surface area contributed by atoms with Gasteiger partial charge in [0, 0.05) is 11.8 Å². The maximum atomic E-state index is 11.8. The van der Waals surface area contributed by atoms with E-state index in [2.05, 4.69) is 4.98 Å². The molecule has 0 amide bonds. The van der Waals surface area contributed by atoms with E-state index in [0.717, 1.165) is 10.8 Å². The molecule has 1 aliphatic rings. The number of rotatable bonds is 3. The first kappa shape index (κ1) is 15.8. The summed E-state index contributed by atoms with van der Waals surface area (Å²) in [5.74, 6) is -0.193. The number of hydrogen-bond acceptors (Lipinski definition) is 9. The minimum Gasteiger partial charge on any atom is -0.394 e. The Morgan fingerprint density at radius 2 is 1.90 bits per heavy atom. The van der Waals surface area contributed by atoms with Gasteiger partial charge in [-0.1, -0.05) is 0 Å². The lowest BCUT2D eigenvalue weighted by Crippen LogP contribution is -2.58. The molecule has 0 saturated carbocycles. The molecule has 0 spiro atoms. The molecule has 1 aromatic heterocycles. The van der Waals surface area contributed by atoms with Gasteiger partial charge in [-0.25, -0.2) is 14.3 Å². The van der Waals surface area contributed by atoms with Gasteiger partial charge in [0.1, 0.15) is 30.2 Å². The average Bonchev–Trinajstić information content (AvgIpc) is 2.47. The molecular formula is C11H17N3O7. The highest BCUT2D eigenvalue weighted by atomic mass is 16.6. The van der Waals surface area contributed by atoms with Crippen LogP contribution in [0.25, 0.3) is 0 Å². The van der Waals surface area contributed by atoms with E-state index >= 15 is 0 Å². The Morgan fingerprint density at radius 1 is 1.24 bits per heavy atom. The Bertz CT molecular complexity index is 561. The van der Waals surface area contributed by atoms with Crippen molar-refractivity contribution in [3.05, 3.63) is 22.2 Å². The topological polar surface area (TPSA) is 171 Å². The molecule has 21 heavy (non-hydrogen) atoms. The van der Waals surface area contributed by atoms with E-state index in [4.69, 9.17) is 20.7 Å². The summed E-state index contributed by atoms with van der Waals surface area (Å²) in [6.07, 6.45) is -6.42. The number of ether oxygens (including phenoxy) is 1. The van der Waals surface area contributed by atoms with Crippen LogP contribution < -0.4 is 11.4 Å². The van der Waals surface area contributed by atoms with E-state index < -0.39 is 49.5 Å². The predicted molar refractivity (Wildman–Crippen MR) is 67.8 cm³/mol. The third-order valence-corrected chi connectivity index (χ3v) is 3.42. The highest BCUT2D eigenvalue weighted by Crippen LogP contribution is 2.29. The number of aliphatic hydroxyl groups is 5. The Labute approximate surface area is 118 Å². The van der Waals surface area contributed by atoms with Crippen LogP contribution in [0.5, 0.6) is 0 Å². The Kier molecular flexibility index (Phi) is 4.56. The molecule has 2 heterocycles. The molecule has 1 aliphatic heterocycles. The fourth-order valence-corrected chi connectivity index (χ4v) is 2.18. The number of nitrogens with zero attached hydrogens (tertiary/aromatic N) is 2. The van der Waals surface area contributed by atoms with Crippen molar-refractivity contribution in [2.75, 3.05) is 12.3 Å². The molecule has 1 saturated heterocycles. The van der Waals surface area contributed by atoms with E-state index in [1.54, 1.807) is 0 Å². The van der Waals surface area contributed by atoms with Crippen LogP contribution in [0.3, 0.4) is 0 Å². The Balaban J connectivity index is 2.48. The maximum absolute atomic E-state index is 11.8.